The third-order valence-electron chi connectivity index (χ3n) is 7.69. The van der Waals surface area contributed by atoms with Crippen molar-refractivity contribution in [3.8, 4) is 5.75 Å². The molecule has 14 heteroatoms. The van der Waals surface area contributed by atoms with E-state index in [0.29, 0.717) is 17.5 Å². The molecule has 1 atom stereocenters. The first-order valence-corrected chi connectivity index (χ1v) is 16.7. The van der Waals surface area contributed by atoms with Crippen LogP contribution in [0.4, 0.5) is 9.59 Å². The van der Waals surface area contributed by atoms with Crippen molar-refractivity contribution in [1.82, 2.24) is 15.1 Å². The first-order valence-electron chi connectivity index (χ1n) is 16.7. The first-order chi connectivity index (χ1) is 23.4. The minimum absolute atomic E-state index is 0.114. The van der Waals surface area contributed by atoms with E-state index in [-0.39, 0.29) is 62.0 Å². The topological polar surface area (TPSA) is 178 Å². The van der Waals surface area contributed by atoms with Crippen molar-refractivity contribution in [1.29, 1.82) is 0 Å². The number of carboxylic acid groups (broad SMARTS) is 1. The van der Waals surface area contributed by atoms with Crippen LogP contribution in [-0.2, 0) is 46.6 Å². The summed E-state index contributed by atoms with van der Waals surface area (Å²) in [7, 11) is 3.19. The Bertz CT molecular complexity index is 1300. The van der Waals surface area contributed by atoms with Crippen LogP contribution in [0.1, 0.15) is 83.9 Å². The van der Waals surface area contributed by atoms with E-state index in [2.05, 4.69) is 19.9 Å². The van der Waals surface area contributed by atoms with E-state index in [1.165, 1.54) is 9.80 Å². The van der Waals surface area contributed by atoms with E-state index in [1.54, 1.807) is 53.9 Å². The summed E-state index contributed by atoms with van der Waals surface area (Å²) in [5.74, 6) is -2.30. The van der Waals surface area contributed by atoms with E-state index >= 15 is 0 Å². The normalized spacial score (nSPS) is 15.6. The molecule has 0 saturated carbocycles. The van der Waals surface area contributed by atoms with Crippen LogP contribution in [0.25, 0.3) is 0 Å². The number of amides is 3. The Kier molecular flexibility index (Phi) is 18.6. The summed E-state index contributed by atoms with van der Waals surface area (Å²) in [5, 5.41) is 9.79. The largest absolute Gasteiger partial charge is 0.480 e. The highest BCUT2D eigenvalue weighted by Crippen LogP contribution is 2.32. The first kappa shape index (κ1) is 43.4. The van der Waals surface area contributed by atoms with Crippen LogP contribution in [0.3, 0.4) is 0 Å². The Labute approximate surface area is 295 Å². The van der Waals surface area contributed by atoms with Crippen LogP contribution >= 0.6 is 0 Å². The zero-order valence-electron chi connectivity index (χ0n) is 30.9. The molecule has 0 fully saturated rings. The standard InChI is InChI=1S/C33H50N2O8.C3H5NO3/c1-22(2)29(36)40-20-25-18-24(5)19-26(21-41-30(37)23(3)4)28(25)43-32(39)35(9)17-16-34(8)31(38)42-27-12-10-11-14-33(6,7)15-13-27;5-2-4-1-3(6)7/h10,12,18-19,22-23,27H,11,13-17,20-21H2,1-9H3;2H,1H2,(H,4,5)(H,6,7)/b12-10+;/t27-;/m1./s1. The number of hydrogen-bond donors (Lipinski definition) is 2. The molecule has 280 valence electrons. The Balaban J connectivity index is 0.00000161. The summed E-state index contributed by atoms with van der Waals surface area (Å²) in [5.41, 5.74) is 1.97. The van der Waals surface area contributed by atoms with Gasteiger partial charge in [-0.25, -0.2) is 9.59 Å². The lowest BCUT2D eigenvalue weighted by Gasteiger charge is -2.29. The molecule has 1 aliphatic rings. The maximum atomic E-state index is 13.2. The molecule has 0 unspecified atom stereocenters. The number of ether oxygens (including phenoxy) is 4. The third-order valence-corrected chi connectivity index (χ3v) is 7.69. The Hall–Kier alpha value is -4.62. The molecular formula is C36H55N3O11. The molecule has 3 amide bonds. The Morgan fingerprint density at radius 2 is 1.44 bits per heavy atom. The molecule has 1 aromatic rings. The maximum Gasteiger partial charge on any atom is 0.415 e. The predicted molar refractivity (Wildman–Crippen MR) is 185 cm³/mol. The van der Waals surface area contributed by atoms with Gasteiger partial charge in [0.15, 0.2) is 0 Å². The van der Waals surface area contributed by atoms with Gasteiger partial charge in [0.05, 0.1) is 11.8 Å². The minimum atomic E-state index is -1.04. The fraction of sp³-hybridized carbons (Fsp3) is 0.611. The van der Waals surface area contributed by atoms with E-state index in [4.69, 9.17) is 24.1 Å². The van der Waals surface area contributed by atoms with Gasteiger partial charge in [-0.3, -0.25) is 19.2 Å². The van der Waals surface area contributed by atoms with Crippen molar-refractivity contribution in [2.75, 3.05) is 33.7 Å². The molecule has 1 aromatic carbocycles. The van der Waals surface area contributed by atoms with Gasteiger partial charge in [0.25, 0.3) is 0 Å². The van der Waals surface area contributed by atoms with Crippen molar-refractivity contribution in [2.24, 2.45) is 17.3 Å². The molecule has 0 aromatic heterocycles. The number of nitrogens with zero attached hydrogens (tertiary/aromatic N) is 2. The highest BCUT2D eigenvalue weighted by Gasteiger charge is 2.25. The monoisotopic (exact) mass is 705 g/mol. The van der Waals surface area contributed by atoms with E-state index in [9.17, 15) is 28.8 Å². The SMILES string of the molecule is Cc1cc(COC(=O)C(C)C)c(OC(=O)N(C)CCN(C)C(=O)O[C@@H]2/C=C/CCC(C)(C)CC2)c(COC(=O)C(C)C)c1.O=CNCC(=O)O. The van der Waals surface area contributed by atoms with E-state index < -0.39 is 30.1 Å². The van der Waals surface area contributed by atoms with Gasteiger partial charge in [-0.1, -0.05) is 53.2 Å². The number of rotatable bonds is 14. The highest BCUT2D eigenvalue weighted by atomic mass is 16.6. The van der Waals surface area contributed by atoms with E-state index in [1.807, 2.05) is 18.3 Å². The van der Waals surface area contributed by atoms with Gasteiger partial charge >= 0.3 is 30.1 Å². The molecule has 50 heavy (non-hydrogen) atoms. The number of benzene rings is 1. The zero-order chi connectivity index (χ0) is 38.0. The average Bonchev–Trinajstić information content (AvgIpc) is 3.04. The summed E-state index contributed by atoms with van der Waals surface area (Å²) >= 11 is 0. The van der Waals surface area contributed by atoms with Crippen LogP contribution in [0.15, 0.2) is 24.3 Å². The average molecular weight is 706 g/mol. The number of nitrogens with one attached hydrogen (secondary N) is 1. The molecule has 0 aliphatic heterocycles. The quantitative estimate of drug-likeness (QED) is 0.112. The lowest BCUT2D eigenvalue weighted by atomic mass is 9.81. The summed E-state index contributed by atoms with van der Waals surface area (Å²) in [6.45, 7) is 13.1. The fourth-order valence-corrected chi connectivity index (χ4v) is 4.48. The van der Waals surface area contributed by atoms with Crippen LogP contribution in [0.5, 0.6) is 5.75 Å². The minimum Gasteiger partial charge on any atom is -0.480 e. The molecule has 0 bridgehead atoms. The molecule has 14 nitrogen and oxygen atoms in total. The van der Waals surface area contributed by atoms with Gasteiger partial charge in [-0.05, 0) is 56.2 Å². The van der Waals surface area contributed by atoms with Crippen molar-refractivity contribution in [2.45, 2.75) is 93.5 Å². The van der Waals surface area contributed by atoms with E-state index in [0.717, 1.165) is 31.2 Å². The second kappa shape index (κ2) is 21.5. The third kappa shape index (κ3) is 16.7. The Morgan fingerprint density at radius 3 is 1.90 bits per heavy atom. The van der Waals surface area contributed by atoms with Crippen LogP contribution in [-0.4, -0.2) is 91.2 Å². The molecule has 2 rings (SSSR count). The van der Waals surface area contributed by atoms with Crippen LogP contribution in [0.2, 0.25) is 0 Å². The van der Waals surface area contributed by atoms with Gasteiger partial charge in [-0.15, -0.1) is 0 Å². The highest BCUT2D eigenvalue weighted by molar-refractivity contribution is 5.74. The number of esters is 2. The second-order valence-electron chi connectivity index (χ2n) is 13.6. The predicted octanol–water partition coefficient (Wildman–Crippen LogP) is 5.23. The summed E-state index contributed by atoms with van der Waals surface area (Å²) in [4.78, 5) is 71.9. The number of likely N-dealkylation sites (N-methyl/N-ethyl adjacent to an activating group) is 2. The molecule has 0 heterocycles. The summed E-state index contributed by atoms with van der Waals surface area (Å²) < 4.78 is 22.4. The molecular weight excluding hydrogens is 650 g/mol. The molecule has 0 saturated heterocycles. The lowest BCUT2D eigenvalue weighted by Crippen LogP contribution is -2.39. The summed E-state index contributed by atoms with van der Waals surface area (Å²) in [6, 6.07) is 3.53. The number of carbonyl (C=O) groups is 6. The van der Waals surface area contributed by atoms with Crippen molar-refractivity contribution >= 4 is 36.5 Å². The number of carbonyl (C=O) groups excluding carboxylic acids is 5. The summed E-state index contributed by atoms with van der Waals surface area (Å²) in [6.07, 6.45) is 6.72. The zero-order valence-corrected chi connectivity index (χ0v) is 30.9. The second-order valence-corrected chi connectivity index (χ2v) is 13.6. The number of allylic oxidation sites excluding steroid dienone is 1. The number of aryl methyl sites for hydroxylation is 1. The molecule has 0 spiro atoms. The number of carboxylic acids is 1. The van der Waals surface area contributed by atoms with Gasteiger partial charge in [0.2, 0.25) is 6.41 Å². The molecule has 1 aliphatic carbocycles. The van der Waals surface area contributed by atoms with Crippen LogP contribution < -0.4 is 10.1 Å². The van der Waals surface area contributed by atoms with Gasteiger partial charge in [-0.2, -0.15) is 0 Å². The molecule has 0 radical (unpaired) electrons. The van der Waals surface area contributed by atoms with Crippen molar-refractivity contribution in [3.05, 3.63) is 41.0 Å². The maximum absolute atomic E-state index is 13.2. The number of aliphatic carboxylic acids is 1. The smallest absolute Gasteiger partial charge is 0.415 e. The van der Waals surface area contributed by atoms with Crippen molar-refractivity contribution in [3.63, 3.8) is 0 Å². The van der Waals surface area contributed by atoms with Gasteiger partial charge < -0.3 is 39.2 Å². The number of hydrogen-bond acceptors (Lipinski definition) is 10. The Morgan fingerprint density at radius 1 is 0.920 bits per heavy atom. The van der Waals surface area contributed by atoms with Crippen molar-refractivity contribution < 1.29 is 52.8 Å². The molecule has 2 N–H and O–H groups in total. The lowest BCUT2D eigenvalue weighted by molar-refractivity contribution is -0.149. The van der Waals surface area contributed by atoms with Gasteiger partial charge in [0, 0.05) is 38.3 Å². The van der Waals surface area contributed by atoms with Gasteiger partial charge in [0.1, 0.15) is 31.6 Å². The fourth-order valence-electron chi connectivity index (χ4n) is 4.48. The van der Waals surface area contributed by atoms with Crippen LogP contribution in [0, 0.1) is 24.2 Å².